The van der Waals surface area contributed by atoms with E-state index in [1.165, 1.54) is 18.2 Å². The number of non-ortho nitro benzene ring substituents is 1. The number of benzene rings is 6. The van der Waals surface area contributed by atoms with Crippen molar-refractivity contribution in [2.45, 2.75) is 26.3 Å². The van der Waals surface area contributed by atoms with Crippen molar-refractivity contribution in [3.05, 3.63) is 105 Å². The van der Waals surface area contributed by atoms with Gasteiger partial charge in [0.15, 0.2) is 0 Å². The number of imide groups is 2. The largest absolute Gasteiger partial charge is 0.394 e. The number of aryl methyl sites for hydroxylation is 1. The monoisotopic (exact) mass is 597 g/mol. The Morgan fingerprint density at radius 2 is 1.13 bits per heavy atom. The molecule has 0 aromatic heterocycles. The first-order valence-corrected chi connectivity index (χ1v) is 14.5. The van der Waals surface area contributed by atoms with Crippen LogP contribution in [0.1, 0.15) is 60.3 Å². The Bertz CT molecular complexity index is 2270. The van der Waals surface area contributed by atoms with Crippen molar-refractivity contribution in [2.24, 2.45) is 0 Å². The molecule has 0 spiro atoms. The highest BCUT2D eigenvalue weighted by atomic mass is 16.6. The van der Waals surface area contributed by atoms with Crippen LogP contribution >= 0.6 is 0 Å². The molecular formula is C35H23N3O7. The number of carbonyl (C=O) groups is 4. The predicted molar refractivity (Wildman–Crippen MR) is 168 cm³/mol. The summed E-state index contributed by atoms with van der Waals surface area (Å²) in [6, 6.07) is 17.5. The maximum absolute atomic E-state index is 14.0. The number of anilines is 1. The lowest BCUT2D eigenvalue weighted by Crippen LogP contribution is -2.48. The molecule has 220 valence electrons. The Hall–Kier alpha value is -5.74. The first kappa shape index (κ1) is 26.9. The average molecular weight is 598 g/mol. The van der Waals surface area contributed by atoms with Gasteiger partial charge in [-0.25, -0.2) is 4.90 Å². The fourth-order valence-electron chi connectivity index (χ4n) is 7.23. The standard InChI is InChI=1S/C35H23N3O7/c1-3-17(15-39)36-32(40)23-9-5-19-21-7-11-25-31-26(35(43)37(34(25)42)27-13-4-18(38(44)45)14-16(27)2)12-8-22(29(21)31)20-6-10-24(33(36)41)30(23)28(19)20/h4-14,17,39H,3,15H2,1-2H3. The van der Waals surface area contributed by atoms with Crippen molar-refractivity contribution in [1.29, 1.82) is 0 Å². The fraction of sp³-hybridized carbons (Fsp3) is 0.143. The highest BCUT2D eigenvalue weighted by Gasteiger charge is 2.39. The molecule has 2 aliphatic rings. The SMILES string of the molecule is CCC(CO)N1C(=O)c2ccc3c4ccc5c6c(ccc(c7ccc(c2c37)C1=O)c64)C(=O)N(c1ccc([N+](=O)[O-])cc1C)C5=O. The van der Waals surface area contributed by atoms with Crippen molar-refractivity contribution in [3.8, 4) is 0 Å². The molecule has 0 saturated heterocycles. The van der Waals surface area contributed by atoms with Gasteiger partial charge in [0.25, 0.3) is 29.3 Å². The van der Waals surface area contributed by atoms with E-state index in [-0.39, 0.29) is 18.0 Å². The number of rotatable bonds is 5. The number of nitrogens with zero attached hydrogens (tertiary/aromatic N) is 3. The van der Waals surface area contributed by atoms with Crippen LogP contribution in [0.3, 0.4) is 0 Å². The molecule has 2 heterocycles. The van der Waals surface area contributed by atoms with Gasteiger partial charge in [0.05, 0.1) is 23.3 Å². The van der Waals surface area contributed by atoms with Gasteiger partial charge in [-0.15, -0.1) is 0 Å². The predicted octanol–water partition coefficient (Wildman–Crippen LogP) is 6.12. The van der Waals surface area contributed by atoms with Crippen LogP contribution in [0.4, 0.5) is 11.4 Å². The van der Waals surface area contributed by atoms with Gasteiger partial charge < -0.3 is 5.11 Å². The molecule has 10 nitrogen and oxygen atoms in total. The Morgan fingerprint density at radius 3 is 1.51 bits per heavy atom. The van der Waals surface area contributed by atoms with E-state index in [2.05, 4.69) is 0 Å². The number of hydrogen-bond acceptors (Lipinski definition) is 7. The zero-order chi connectivity index (χ0) is 31.5. The molecule has 1 unspecified atom stereocenters. The van der Waals surface area contributed by atoms with E-state index in [1.54, 1.807) is 31.2 Å². The van der Waals surface area contributed by atoms with Crippen LogP contribution in [0.2, 0.25) is 0 Å². The minimum absolute atomic E-state index is 0.138. The van der Waals surface area contributed by atoms with Crippen molar-refractivity contribution < 1.29 is 29.2 Å². The third kappa shape index (κ3) is 3.31. The third-order valence-electron chi connectivity index (χ3n) is 9.35. The van der Waals surface area contributed by atoms with Gasteiger partial charge in [0.1, 0.15) is 0 Å². The Morgan fingerprint density at radius 1 is 0.689 bits per heavy atom. The summed E-state index contributed by atoms with van der Waals surface area (Å²) >= 11 is 0. The fourth-order valence-corrected chi connectivity index (χ4v) is 7.23. The van der Waals surface area contributed by atoms with Gasteiger partial charge in [0, 0.05) is 45.2 Å². The van der Waals surface area contributed by atoms with E-state index in [1.807, 2.05) is 31.2 Å². The number of nitro groups is 1. The molecule has 6 aromatic rings. The number of amides is 4. The van der Waals surface area contributed by atoms with Crippen LogP contribution in [0.5, 0.6) is 0 Å². The molecule has 0 aliphatic carbocycles. The number of nitro benzene ring substituents is 1. The maximum Gasteiger partial charge on any atom is 0.269 e. The van der Waals surface area contributed by atoms with Gasteiger partial charge in [-0.1, -0.05) is 31.2 Å². The average Bonchev–Trinajstić information content (AvgIpc) is 3.04. The van der Waals surface area contributed by atoms with Crippen molar-refractivity contribution >= 4 is 78.1 Å². The van der Waals surface area contributed by atoms with E-state index in [0.717, 1.165) is 42.1 Å². The second kappa shape index (κ2) is 9.13. The number of aliphatic hydroxyl groups excluding tert-OH is 1. The zero-order valence-electron chi connectivity index (χ0n) is 24.1. The molecule has 1 atom stereocenters. The quantitative estimate of drug-likeness (QED) is 0.0830. The van der Waals surface area contributed by atoms with Gasteiger partial charge >= 0.3 is 0 Å². The smallest absolute Gasteiger partial charge is 0.269 e. The molecule has 0 radical (unpaired) electrons. The molecular weight excluding hydrogens is 574 g/mol. The molecule has 0 saturated carbocycles. The summed E-state index contributed by atoms with van der Waals surface area (Å²) in [4.78, 5) is 68.2. The Labute approximate surface area is 254 Å². The Balaban J connectivity index is 1.38. The summed E-state index contributed by atoms with van der Waals surface area (Å²) in [5.41, 5.74) is 1.96. The lowest BCUT2D eigenvalue weighted by molar-refractivity contribution is -0.384. The first-order chi connectivity index (χ1) is 21.7. The van der Waals surface area contributed by atoms with Crippen LogP contribution < -0.4 is 4.90 Å². The van der Waals surface area contributed by atoms with Crippen LogP contribution in [0.15, 0.2) is 66.7 Å². The van der Waals surface area contributed by atoms with Crippen LogP contribution in [-0.2, 0) is 0 Å². The van der Waals surface area contributed by atoms with E-state index >= 15 is 0 Å². The topological polar surface area (TPSA) is 138 Å². The molecule has 6 aromatic carbocycles. The number of carbonyl (C=O) groups excluding carboxylic acids is 4. The van der Waals surface area contributed by atoms with Crippen LogP contribution in [-0.4, -0.2) is 51.2 Å². The van der Waals surface area contributed by atoms with Gasteiger partial charge in [-0.3, -0.25) is 34.2 Å². The first-order valence-electron chi connectivity index (χ1n) is 14.5. The normalized spacial score (nSPS) is 15.4. The number of hydrogen-bond donors (Lipinski definition) is 1. The van der Waals surface area contributed by atoms with Crippen LogP contribution in [0, 0.1) is 17.0 Å². The van der Waals surface area contributed by atoms with E-state index in [9.17, 15) is 34.4 Å². The van der Waals surface area contributed by atoms with E-state index in [4.69, 9.17) is 0 Å². The summed E-state index contributed by atoms with van der Waals surface area (Å²) in [6.45, 7) is 3.10. The van der Waals surface area contributed by atoms with Gasteiger partial charge in [-0.05, 0) is 81.6 Å². The molecule has 0 bridgehead atoms. The molecule has 1 N–H and O–H groups in total. The minimum Gasteiger partial charge on any atom is -0.394 e. The van der Waals surface area contributed by atoms with Crippen molar-refractivity contribution in [1.82, 2.24) is 4.90 Å². The van der Waals surface area contributed by atoms with Crippen molar-refractivity contribution in [2.75, 3.05) is 11.5 Å². The highest BCUT2D eigenvalue weighted by Crippen LogP contribution is 2.47. The summed E-state index contributed by atoms with van der Waals surface area (Å²) < 4.78 is 0. The molecule has 45 heavy (non-hydrogen) atoms. The summed E-state index contributed by atoms with van der Waals surface area (Å²) in [6.07, 6.45) is 0.418. The lowest BCUT2D eigenvalue weighted by atomic mass is 9.82. The zero-order valence-corrected chi connectivity index (χ0v) is 24.1. The lowest BCUT2D eigenvalue weighted by Gasteiger charge is -2.33. The second-order valence-corrected chi connectivity index (χ2v) is 11.5. The molecule has 4 amide bonds. The highest BCUT2D eigenvalue weighted by molar-refractivity contribution is 6.43. The number of fused-ring (bicyclic) bond motifs is 2. The maximum atomic E-state index is 14.0. The van der Waals surface area contributed by atoms with Crippen molar-refractivity contribution in [3.63, 3.8) is 0 Å². The summed E-state index contributed by atoms with van der Waals surface area (Å²) in [5, 5.41) is 26.8. The summed E-state index contributed by atoms with van der Waals surface area (Å²) in [7, 11) is 0. The Kier molecular flexibility index (Phi) is 5.45. The minimum atomic E-state index is -0.637. The summed E-state index contributed by atoms with van der Waals surface area (Å²) in [5.74, 6) is -1.97. The van der Waals surface area contributed by atoms with Gasteiger partial charge in [0.2, 0.25) is 0 Å². The van der Waals surface area contributed by atoms with E-state index in [0.29, 0.717) is 45.0 Å². The number of aliphatic hydroxyl groups is 1. The van der Waals surface area contributed by atoms with E-state index < -0.39 is 34.6 Å². The third-order valence-corrected chi connectivity index (χ3v) is 9.35. The molecule has 10 heteroatoms. The molecule has 8 rings (SSSR count). The molecule has 0 fully saturated rings. The second-order valence-electron chi connectivity index (χ2n) is 11.5. The van der Waals surface area contributed by atoms with Crippen LogP contribution in [0.25, 0.3) is 43.1 Å². The van der Waals surface area contributed by atoms with Gasteiger partial charge in [-0.2, -0.15) is 0 Å². The molecule has 2 aliphatic heterocycles.